The molecule has 3 N–H and O–H groups in total. The molecule has 3 aromatic carbocycles. The predicted molar refractivity (Wildman–Crippen MR) is 193 cm³/mol. The number of ether oxygens (including phenoxy) is 9. The minimum absolute atomic E-state index is 0.0413. The Balaban J connectivity index is 1.20. The Morgan fingerprint density at radius 2 is 1.04 bits per heavy atom. The fourth-order valence-electron chi connectivity index (χ4n) is 5.52. The molecule has 2 saturated heterocycles. The molecular formula is C39H43N3O15. The van der Waals surface area contributed by atoms with Crippen LogP contribution in [0.25, 0.3) is 0 Å². The zero-order valence-electron chi connectivity index (χ0n) is 31.1. The van der Waals surface area contributed by atoms with Crippen LogP contribution in [0.5, 0.6) is 0 Å². The van der Waals surface area contributed by atoms with Crippen LogP contribution in [0.4, 0.5) is 14.4 Å². The minimum Gasteiger partial charge on any atom is -0.460 e. The Morgan fingerprint density at radius 1 is 0.596 bits per heavy atom. The van der Waals surface area contributed by atoms with E-state index in [2.05, 4.69) is 16.0 Å². The molecule has 18 nitrogen and oxygen atoms in total. The Hall–Kier alpha value is -6.24. The van der Waals surface area contributed by atoms with E-state index >= 15 is 0 Å². The molecule has 0 bridgehead atoms. The third kappa shape index (κ3) is 13.8. The lowest BCUT2D eigenvalue weighted by Crippen LogP contribution is -2.49. The van der Waals surface area contributed by atoms with Crippen LogP contribution in [0, 0.1) is 0 Å². The summed E-state index contributed by atoms with van der Waals surface area (Å²) in [6, 6.07) is 26.6. The largest absolute Gasteiger partial charge is 0.460 e. The number of rotatable bonds is 17. The van der Waals surface area contributed by atoms with E-state index in [-0.39, 0.29) is 19.8 Å². The highest BCUT2D eigenvalue weighted by Gasteiger charge is 2.59. The third-order valence-corrected chi connectivity index (χ3v) is 8.12. The molecule has 2 aliphatic heterocycles. The van der Waals surface area contributed by atoms with E-state index in [1.807, 2.05) is 12.1 Å². The molecule has 0 unspecified atom stereocenters. The lowest BCUT2D eigenvalue weighted by atomic mass is 10.1. The van der Waals surface area contributed by atoms with Gasteiger partial charge in [0.15, 0.2) is 30.4 Å². The molecule has 5 rings (SSSR count). The molecule has 0 radical (unpaired) electrons. The molecule has 57 heavy (non-hydrogen) atoms. The van der Waals surface area contributed by atoms with Crippen LogP contribution in [0.15, 0.2) is 91.0 Å². The monoisotopic (exact) mass is 793 g/mol. The van der Waals surface area contributed by atoms with Crippen molar-refractivity contribution in [3.8, 4) is 0 Å². The van der Waals surface area contributed by atoms with Crippen LogP contribution in [-0.4, -0.2) is 98.9 Å². The summed E-state index contributed by atoms with van der Waals surface area (Å²) in [4.78, 5) is 75.7. The van der Waals surface area contributed by atoms with Gasteiger partial charge in [0.25, 0.3) is 0 Å². The molecule has 0 spiro atoms. The first kappa shape index (κ1) is 41.9. The topological polar surface area (TPSA) is 222 Å². The Morgan fingerprint density at radius 3 is 1.51 bits per heavy atom. The Kier molecular flexibility index (Phi) is 15.2. The smallest absolute Gasteiger partial charge is 0.407 e. The van der Waals surface area contributed by atoms with Crippen molar-refractivity contribution >= 4 is 36.2 Å². The van der Waals surface area contributed by atoms with Gasteiger partial charge in [-0.1, -0.05) is 91.0 Å². The molecule has 304 valence electrons. The van der Waals surface area contributed by atoms with E-state index < -0.39 is 98.9 Å². The quantitative estimate of drug-likeness (QED) is 0.132. The number of hydrogen-bond donors (Lipinski definition) is 3. The molecule has 2 heterocycles. The third-order valence-electron chi connectivity index (χ3n) is 8.12. The molecule has 5 atom stereocenters. The van der Waals surface area contributed by atoms with Gasteiger partial charge in [0.2, 0.25) is 0 Å². The predicted octanol–water partition coefficient (Wildman–Crippen LogP) is 3.01. The van der Waals surface area contributed by atoms with E-state index in [1.54, 1.807) is 92.7 Å². The van der Waals surface area contributed by atoms with Gasteiger partial charge in [-0.05, 0) is 30.5 Å². The van der Waals surface area contributed by atoms with Crippen molar-refractivity contribution in [2.24, 2.45) is 0 Å². The SMILES string of the molecule is CC1(C)O[C@H]2O[C@H]([C@H](COC(=O)CNC(=O)OCc3ccccc3)OC(=O)CNC(=O)OCc3ccccc3)[C@@H](OC(=O)CNC(=O)OCc3ccccc3)[C@H]2O1. The first-order chi connectivity index (χ1) is 27.4. The molecule has 0 saturated carbocycles. The summed E-state index contributed by atoms with van der Waals surface area (Å²) in [5.74, 6) is -4.07. The normalized spacial score (nSPS) is 19.5. The molecule has 0 aliphatic carbocycles. The number of carbonyl (C=O) groups excluding carboxylic acids is 6. The summed E-state index contributed by atoms with van der Waals surface area (Å²) in [6.45, 7) is 0.473. The first-order valence-corrected chi connectivity index (χ1v) is 17.8. The van der Waals surface area contributed by atoms with E-state index in [4.69, 9.17) is 42.6 Å². The summed E-state index contributed by atoms with van der Waals surface area (Å²) >= 11 is 0. The summed E-state index contributed by atoms with van der Waals surface area (Å²) in [6.07, 6.45) is -9.07. The van der Waals surface area contributed by atoms with Crippen LogP contribution in [-0.2, 0) is 76.8 Å². The standard InChI is InChI=1S/C39H43N3O15/c1-39(2)56-34-33(54-31(45)20-42-38(48)52-23-27-16-10-5-11-17-27)32(55-35(34)57-39)28(53-30(44)19-41-37(47)51-22-26-14-8-4-9-15-26)24-49-29(43)18-40-36(46)50-21-25-12-6-3-7-13-25/h3-17,28,32-35H,18-24H2,1-2H3,(H,40,46)(H,41,47)(H,42,48)/t28-,32+,33+,34+,35+/m0/s1. The molecular weight excluding hydrogens is 750 g/mol. The molecule has 3 aromatic rings. The van der Waals surface area contributed by atoms with E-state index in [0.29, 0.717) is 5.56 Å². The van der Waals surface area contributed by atoms with Gasteiger partial charge < -0.3 is 58.6 Å². The summed E-state index contributed by atoms with van der Waals surface area (Å²) in [5, 5.41) is 6.86. The van der Waals surface area contributed by atoms with Crippen LogP contribution < -0.4 is 16.0 Å². The van der Waals surface area contributed by atoms with Gasteiger partial charge in [0, 0.05) is 0 Å². The molecule has 18 heteroatoms. The lowest BCUT2D eigenvalue weighted by Gasteiger charge is -2.30. The first-order valence-electron chi connectivity index (χ1n) is 17.8. The van der Waals surface area contributed by atoms with Gasteiger partial charge in [-0.2, -0.15) is 0 Å². The van der Waals surface area contributed by atoms with Gasteiger partial charge in [-0.15, -0.1) is 0 Å². The van der Waals surface area contributed by atoms with E-state index in [1.165, 1.54) is 0 Å². The summed E-state index contributed by atoms with van der Waals surface area (Å²) in [5.41, 5.74) is 2.17. The number of hydrogen-bond acceptors (Lipinski definition) is 15. The lowest BCUT2D eigenvalue weighted by molar-refractivity contribution is -0.234. The minimum atomic E-state index is -1.49. The van der Waals surface area contributed by atoms with Gasteiger partial charge >= 0.3 is 36.2 Å². The molecule has 3 amide bonds. The maximum absolute atomic E-state index is 13.1. The van der Waals surface area contributed by atoms with Crippen molar-refractivity contribution in [2.45, 2.75) is 70.2 Å². The highest BCUT2D eigenvalue weighted by atomic mass is 16.8. The van der Waals surface area contributed by atoms with Crippen molar-refractivity contribution < 1.29 is 71.4 Å². The zero-order valence-corrected chi connectivity index (χ0v) is 31.1. The second-order valence-corrected chi connectivity index (χ2v) is 13.0. The average molecular weight is 794 g/mol. The summed E-state index contributed by atoms with van der Waals surface area (Å²) in [7, 11) is 0. The number of nitrogens with one attached hydrogen (secondary N) is 3. The van der Waals surface area contributed by atoms with Crippen LogP contribution >= 0.6 is 0 Å². The second-order valence-electron chi connectivity index (χ2n) is 13.0. The van der Waals surface area contributed by atoms with Crippen LogP contribution in [0.1, 0.15) is 30.5 Å². The molecule has 2 aliphatic rings. The van der Waals surface area contributed by atoms with Crippen molar-refractivity contribution in [1.82, 2.24) is 16.0 Å². The Bertz CT molecular complexity index is 1810. The average Bonchev–Trinajstić information content (AvgIpc) is 3.69. The Labute approximate surface area is 327 Å². The number of benzene rings is 3. The van der Waals surface area contributed by atoms with Crippen LogP contribution in [0.3, 0.4) is 0 Å². The number of esters is 3. The number of carbonyl (C=O) groups is 6. The molecule has 0 aromatic heterocycles. The zero-order chi connectivity index (χ0) is 40.6. The molecule has 2 fully saturated rings. The van der Waals surface area contributed by atoms with Gasteiger partial charge in [0.1, 0.15) is 52.2 Å². The van der Waals surface area contributed by atoms with Gasteiger partial charge in [0.05, 0.1) is 0 Å². The van der Waals surface area contributed by atoms with Crippen LogP contribution in [0.2, 0.25) is 0 Å². The maximum atomic E-state index is 13.1. The highest BCUT2D eigenvalue weighted by molar-refractivity contribution is 5.79. The number of amides is 3. The number of alkyl carbamates (subject to hydrolysis) is 3. The van der Waals surface area contributed by atoms with Gasteiger partial charge in [-0.3, -0.25) is 14.4 Å². The van der Waals surface area contributed by atoms with E-state index in [9.17, 15) is 28.8 Å². The second kappa shape index (κ2) is 20.6. The fourth-order valence-corrected chi connectivity index (χ4v) is 5.52. The van der Waals surface area contributed by atoms with Crippen molar-refractivity contribution in [3.05, 3.63) is 108 Å². The van der Waals surface area contributed by atoms with E-state index in [0.717, 1.165) is 11.1 Å². The fraction of sp³-hybridized carbons (Fsp3) is 0.385. The van der Waals surface area contributed by atoms with Crippen molar-refractivity contribution in [2.75, 3.05) is 26.2 Å². The van der Waals surface area contributed by atoms with Crippen molar-refractivity contribution in [1.29, 1.82) is 0 Å². The highest BCUT2D eigenvalue weighted by Crippen LogP contribution is 2.40. The number of fused-ring (bicyclic) bond motifs is 1. The maximum Gasteiger partial charge on any atom is 0.407 e. The summed E-state index contributed by atoms with van der Waals surface area (Å²) < 4.78 is 49.8. The van der Waals surface area contributed by atoms with Crippen molar-refractivity contribution in [3.63, 3.8) is 0 Å². The van der Waals surface area contributed by atoms with Gasteiger partial charge in [-0.25, -0.2) is 14.4 Å².